The predicted octanol–water partition coefficient (Wildman–Crippen LogP) is 4.38. The zero-order valence-electron chi connectivity index (χ0n) is 11.8. The van der Waals surface area contributed by atoms with Crippen molar-refractivity contribution in [1.29, 1.82) is 0 Å². The second-order valence-corrected chi connectivity index (χ2v) is 5.68. The van der Waals surface area contributed by atoms with Gasteiger partial charge in [0.2, 0.25) is 0 Å². The first-order valence-corrected chi connectivity index (χ1v) is 6.85. The minimum absolute atomic E-state index is 0.534. The van der Waals surface area contributed by atoms with Crippen LogP contribution in [0.15, 0.2) is 24.6 Å². The number of hydrogen-bond donors (Lipinski definition) is 0. The molecule has 2 heterocycles. The predicted molar refractivity (Wildman–Crippen MR) is 74.5 cm³/mol. The Hall–Kier alpha value is -1.31. The number of fused-ring (bicyclic) bond motifs is 1. The lowest BCUT2D eigenvalue weighted by atomic mass is 9.80. The van der Waals surface area contributed by atoms with E-state index in [1.54, 1.807) is 0 Å². The molecule has 0 bridgehead atoms. The number of rotatable bonds is 2. The molecule has 0 N–H and O–H groups in total. The molecule has 0 aromatic carbocycles. The van der Waals surface area contributed by atoms with Crippen LogP contribution in [0.3, 0.4) is 0 Å². The van der Waals surface area contributed by atoms with E-state index in [1.165, 1.54) is 11.1 Å². The fraction of sp³-hybridized carbons (Fsp3) is 0.562. The Morgan fingerprint density at radius 2 is 2.06 bits per heavy atom. The molecule has 1 aromatic heterocycles. The molecule has 0 radical (unpaired) electrons. The van der Waals surface area contributed by atoms with Gasteiger partial charge in [-0.1, -0.05) is 27.7 Å². The van der Waals surface area contributed by atoms with Gasteiger partial charge in [-0.2, -0.15) is 0 Å². The summed E-state index contributed by atoms with van der Waals surface area (Å²) in [6, 6.07) is 2.17. The van der Waals surface area contributed by atoms with Gasteiger partial charge in [-0.3, -0.25) is 4.98 Å². The number of allylic oxidation sites excluding steroid dienone is 1. The van der Waals surface area contributed by atoms with E-state index in [0.29, 0.717) is 24.4 Å². The molecular formula is C16H23NO. The van der Waals surface area contributed by atoms with Gasteiger partial charge in [0.1, 0.15) is 6.61 Å². The molecule has 0 amide bonds. The topological polar surface area (TPSA) is 22.1 Å². The molecule has 1 aliphatic heterocycles. The fourth-order valence-electron chi connectivity index (χ4n) is 2.70. The normalized spacial score (nSPS) is 21.1. The van der Waals surface area contributed by atoms with Gasteiger partial charge < -0.3 is 4.74 Å². The summed E-state index contributed by atoms with van der Waals surface area (Å²) in [5, 5.41) is 0. The van der Waals surface area contributed by atoms with Crippen molar-refractivity contribution in [2.45, 2.75) is 52.6 Å². The molecule has 0 spiro atoms. The summed E-state index contributed by atoms with van der Waals surface area (Å²) in [6.07, 6.45) is 6.92. The van der Waals surface area contributed by atoms with Gasteiger partial charge in [0.15, 0.2) is 0 Å². The standard InChI is InChI=1S/C16H23NO/c1-11(2)13-6-5-9-18-10-15-16(13)14(12(3)4)7-8-17-15/h5,7-9,11-13H,6,10H2,1-4H3/b9-5-. The van der Waals surface area contributed by atoms with E-state index in [1.807, 2.05) is 12.5 Å². The number of aromatic nitrogens is 1. The first-order valence-electron chi connectivity index (χ1n) is 6.85. The summed E-state index contributed by atoms with van der Waals surface area (Å²) >= 11 is 0. The molecule has 1 aliphatic rings. The van der Waals surface area contributed by atoms with Crippen molar-refractivity contribution in [2.75, 3.05) is 0 Å². The third-order valence-electron chi connectivity index (χ3n) is 3.71. The summed E-state index contributed by atoms with van der Waals surface area (Å²) in [5.74, 6) is 1.70. The maximum absolute atomic E-state index is 5.52. The van der Waals surface area contributed by atoms with Gasteiger partial charge in [0.25, 0.3) is 0 Å². The van der Waals surface area contributed by atoms with Crippen molar-refractivity contribution in [1.82, 2.24) is 4.98 Å². The number of hydrogen-bond acceptors (Lipinski definition) is 2. The molecule has 98 valence electrons. The Morgan fingerprint density at radius 3 is 2.72 bits per heavy atom. The second kappa shape index (κ2) is 5.55. The zero-order valence-corrected chi connectivity index (χ0v) is 11.8. The van der Waals surface area contributed by atoms with Crippen molar-refractivity contribution in [2.24, 2.45) is 5.92 Å². The van der Waals surface area contributed by atoms with E-state index < -0.39 is 0 Å². The lowest BCUT2D eigenvalue weighted by Gasteiger charge is -2.27. The van der Waals surface area contributed by atoms with E-state index in [0.717, 1.165) is 12.1 Å². The molecule has 18 heavy (non-hydrogen) atoms. The van der Waals surface area contributed by atoms with Gasteiger partial charge in [-0.15, -0.1) is 0 Å². The lowest BCUT2D eigenvalue weighted by Crippen LogP contribution is -2.15. The van der Waals surface area contributed by atoms with Gasteiger partial charge in [-0.05, 0) is 47.4 Å². The quantitative estimate of drug-likeness (QED) is 0.771. The van der Waals surface area contributed by atoms with Gasteiger partial charge in [-0.25, -0.2) is 0 Å². The summed E-state index contributed by atoms with van der Waals surface area (Å²) in [5.41, 5.74) is 3.97. The van der Waals surface area contributed by atoms with Gasteiger partial charge >= 0.3 is 0 Å². The van der Waals surface area contributed by atoms with Crippen LogP contribution in [-0.2, 0) is 11.3 Å². The molecule has 0 fully saturated rings. The van der Waals surface area contributed by atoms with Crippen LogP contribution in [-0.4, -0.2) is 4.98 Å². The Morgan fingerprint density at radius 1 is 1.28 bits per heavy atom. The minimum atomic E-state index is 0.534. The van der Waals surface area contributed by atoms with Crippen LogP contribution in [0.1, 0.15) is 62.8 Å². The van der Waals surface area contributed by atoms with Crippen LogP contribution in [0.25, 0.3) is 0 Å². The highest BCUT2D eigenvalue weighted by atomic mass is 16.5. The molecule has 1 atom stereocenters. The van der Waals surface area contributed by atoms with Crippen molar-refractivity contribution < 1.29 is 4.74 Å². The first kappa shape index (κ1) is 13.1. The highest BCUT2D eigenvalue weighted by molar-refractivity contribution is 5.36. The molecule has 0 aliphatic carbocycles. The Labute approximate surface area is 110 Å². The largest absolute Gasteiger partial charge is 0.495 e. The van der Waals surface area contributed by atoms with E-state index in [4.69, 9.17) is 4.74 Å². The molecule has 2 heteroatoms. The van der Waals surface area contributed by atoms with Crippen LogP contribution in [0.5, 0.6) is 0 Å². The molecule has 2 rings (SSSR count). The monoisotopic (exact) mass is 245 g/mol. The van der Waals surface area contributed by atoms with Gasteiger partial charge in [0, 0.05) is 6.20 Å². The Kier molecular flexibility index (Phi) is 4.05. The van der Waals surface area contributed by atoms with Crippen molar-refractivity contribution in [3.8, 4) is 0 Å². The molecule has 1 unspecified atom stereocenters. The maximum atomic E-state index is 5.52. The summed E-state index contributed by atoms with van der Waals surface area (Å²) in [7, 11) is 0. The molecule has 0 saturated carbocycles. The second-order valence-electron chi connectivity index (χ2n) is 5.68. The SMILES string of the molecule is CC(C)c1ccnc2c1C(C(C)C)C/C=C\OC2. The highest BCUT2D eigenvalue weighted by Gasteiger charge is 2.24. The van der Waals surface area contributed by atoms with Crippen molar-refractivity contribution >= 4 is 0 Å². The highest BCUT2D eigenvalue weighted by Crippen LogP contribution is 2.36. The van der Waals surface area contributed by atoms with E-state index >= 15 is 0 Å². The zero-order chi connectivity index (χ0) is 13.1. The van der Waals surface area contributed by atoms with E-state index in [-0.39, 0.29) is 0 Å². The maximum Gasteiger partial charge on any atom is 0.130 e. The fourth-order valence-corrected chi connectivity index (χ4v) is 2.70. The third kappa shape index (κ3) is 2.58. The Balaban J connectivity index is 2.54. The van der Waals surface area contributed by atoms with Crippen LogP contribution in [0, 0.1) is 5.92 Å². The van der Waals surface area contributed by atoms with Crippen molar-refractivity contribution in [3.05, 3.63) is 41.4 Å². The minimum Gasteiger partial charge on any atom is -0.495 e. The van der Waals surface area contributed by atoms with Gasteiger partial charge in [0.05, 0.1) is 12.0 Å². The molecule has 0 saturated heterocycles. The smallest absolute Gasteiger partial charge is 0.130 e. The molecule has 2 nitrogen and oxygen atoms in total. The molecule has 1 aromatic rings. The number of pyridine rings is 1. The first-order chi connectivity index (χ1) is 8.61. The van der Waals surface area contributed by atoms with E-state index in [2.05, 4.69) is 44.8 Å². The average Bonchev–Trinajstić information content (AvgIpc) is 2.28. The Bertz CT molecular complexity index is 435. The van der Waals surface area contributed by atoms with Crippen LogP contribution >= 0.6 is 0 Å². The van der Waals surface area contributed by atoms with Crippen LogP contribution < -0.4 is 0 Å². The van der Waals surface area contributed by atoms with Crippen LogP contribution in [0.4, 0.5) is 0 Å². The summed E-state index contributed by atoms with van der Waals surface area (Å²) in [4.78, 5) is 4.54. The van der Waals surface area contributed by atoms with Crippen LogP contribution in [0.2, 0.25) is 0 Å². The average molecular weight is 245 g/mol. The summed E-state index contributed by atoms with van der Waals surface area (Å²) < 4.78 is 5.52. The lowest BCUT2D eigenvalue weighted by molar-refractivity contribution is 0.224. The number of nitrogens with zero attached hydrogens (tertiary/aromatic N) is 1. The molecular weight excluding hydrogens is 222 g/mol. The van der Waals surface area contributed by atoms with E-state index in [9.17, 15) is 0 Å². The third-order valence-corrected chi connectivity index (χ3v) is 3.71. The van der Waals surface area contributed by atoms with Crippen molar-refractivity contribution in [3.63, 3.8) is 0 Å². The number of ether oxygens (including phenoxy) is 1. The summed E-state index contributed by atoms with van der Waals surface area (Å²) in [6.45, 7) is 9.68.